The van der Waals surface area contributed by atoms with Gasteiger partial charge in [0.15, 0.2) is 0 Å². The van der Waals surface area contributed by atoms with Crippen molar-refractivity contribution < 1.29 is 0 Å². The molecule has 55 heavy (non-hydrogen) atoms. The summed E-state index contributed by atoms with van der Waals surface area (Å²) in [4.78, 5) is 4.95. The summed E-state index contributed by atoms with van der Waals surface area (Å²) in [6, 6.07) is 41.4. The first-order valence-corrected chi connectivity index (χ1v) is 19.6. The van der Waals surface area contributed by atoms with Gasteiger partial charge in [-0.15, -0.1) is 0 Å². The maximum atomic E-state index is 6.63. The molecular formula is C48H47N7. The quantitative estimate of drug-likeness (QED) is 0.116. The lowest BCUT2D eigenvalue weighted by Crippen LogP contribution is -2.01. The van der Waals surface area contributed by atoms with Gasteiger partial charge in [-0.2, -0.15) is 0 Å². The molecule has 0 radical (unpaired) electrons. The van der Waals surface area contributed by atoms with Gasteiger partial charge < -0.3 is 30.5 Å². The van der Waals surface area contributed by atoms with Crippen LogP contribution < -0.4 is 16.8 Å². The Morgan fingerprint density at radius 3 is 2.15 bits per heavy atom. The monoisotopic (exact) mass is 721 g/mol. The van der Waals surface area contributed by atoms with Crippen molar-refractivity contribution in [1.82, 2.24) is 18.7 Å². The summed E-state index contributed by atoms with van der Waals surface area (Å²) < 4.78 is 7.12. The number of rotatable bonds is 11. The highest BCUT2D eigenvalue weighted by Crippen LogP contribution is 2.42. The van der Waals surface area contributed by atoms with Crippen LogP contribution in [0.1, 0.15) is 40.0 Å². The molecule has 7 nitrogen and oxygen atoms in total. The first-order chi connectivity index (χ1) is 26.9. The van der Waals surface area contributed by atoms with Gasteiger partial charge in [0.25, 0.3) is 0 Å². The molecular weight excluding hydrogens is 675 g/mol. The Morgan fingerprint density at radius 2 is 1.33 bits per heavy atom. The number of fused-ring (bicyclic) bond motifs is 5. The third-order valence-corrected chi connectivity index (χ3v) is 10.9. The number of hydrogen-bond donors (Lipinski definition) is 3. The summed E-state index contributed by atoms with van der Waals surface area (Å²) in [5, 5.41) is 7.25. The predicted octanol–water partition coefficient (Wildman–Crippen LogP) is 11.9. The Morgan fingerprint density at radius 1 is 0.564 bits per heavy atom. The second-order valence-corrected chi connectivity index (χ2v) is 14.7. The molecule has 0 saturated carbocycles. The summed E-state index contributed by atoms with van der Waals surface area (Å²) in [5.74, 6) is 0. The van der Waals surface area contributed by atoms with Crippen molar-refractivity contribution in [1.29, 1.82) is 0 Å². The van der Waals surface area contributed by atoms with Crippen LogP contribution in [-0.4, -0.2) is 25.2 Å². The minimum absolute atomic E-state index is 0.729. The zero-order valence-corrected chi connectivity index (χ0v) is 31.8. The zero-order valence-electron chi connectivity index (χ0n) is 31.8. The average Bonchev–Trinajstić information content (AvgIpc) is 3.88. The third kappa shape index (κ3) is 5.96. The molecule has 0 atom stereocenters. The van der Waals surface area contributed by atoms with Crippen molar-refractivity contribution >= 4 is 60.8 Å². The SMILES string of the molecule is CCCNc1ccc2c3ccccc3n(-c3cc(N)ccc3-c3ccc4c(c3)c(-c3cc(-c5ccc(N)cc5)cc5ncn(CCC)c35)cn4CCC)c2c1. The van der Waals surface area contributed by atoms with Crippen molar-refractivity contribution in [3.05, 3.63) is 128 Å². The van der Waals surface area contributed by atoms with E-state index in [2.05, 4.69) is 143 Å². The maximum absolute atomic E-state index is 6.63. The Hall–Kier alpha value is -6.47. The molecule has 0 unspecified atom stereocenters. The van der Waals surface area contributed by atoms with E-state index in [0.29, 0.717) is 0 Å². The van der Waals surface area contributed by atoms with Gasteiger partial charge in [-0.1, -0.05) is 69.3 Å². The second kappa shape index (κ2) is 14.1. The summed E-state index contributed by atoms with van der Waals surface area (Å²) >= 11 is 0. The number of nitrogen functional groups attached to an aromatic ring is 2. The highest BCUT2D eigenvalue weighted by Gasteiger charge is 2.21. The first kappa shape index (κ1) is 34.3. The summed E-state index contributed by atoms with van der Waals surface area (Å²) in [6.07, 6.45) is 7.46. The van der Waals surface area contributed by atoms with E-state index in [4.69, 9.17) is 16.5 Å². The van der Waals surface area contributed by atoms with Crippen molar-refractivity contribution in [2.45, 2.75) is 53.1 Å². The van der Waals surface area contributed by atoms with Gasteiger partial charge in [0.2, 0.25) is 0 Å². The molecule has 3 aromatic heterocycles. The number of hydrogen-bond acceptors (Lipinski definition) is 4. The smallest absolute Gasteiger partial charge is 0.0958 e. The van der Waals surface area contributed by atoms with Crippen LogP contribution in [0.25, 0.3) is 82.8 Å². The highest BCUT2D eigenvalue weighted by atomic mass is 15.0. The summed E-state index contributed by atoms with van der Waals surface area (Å²) in [5.41, 5.74) is 28.9. The van der Waals surface area contributed by atoms with Crippen LogP contribution in [0.5, 0.6) is 0 Å². The van der Waals surface area contributed by atoms with E-state index in [1.807, 2.05) is 24.5 Å². The molecule has 0 fully saturated rings. The zero-order chi connectivity index (χ0) is 37.6. The molecule has 0 bridgehead atoms. The molecule has 0 aliphatic carbocycles. The molecule has 9 rings (SSSR count). The number of nitrogens with two attached hydrogens (primary N) is 2. The van der Waals surface area contributed by atoms with E-state index in [-0.39, 0.29) is 0 Å². The largest absolute Gasteiger partial charge is 0.399 e. The predicted molar refractivity (Wildman–Crippen MR) is 234 cm³/mol. The fourth-order valence-electron chi connectivity index (χ4n) is 8.36. The van der Waals surface area contributed by atoms with Gasteiger partial charge in [-0.3, -0.25) is 0 Å². The Kier molecular flexibility index (Phi) is 8.77. The molecule has 0 amide bonds. The van der Waals surface area contributed by atoms with E-state index >= 15 is 0 Å². The van der Waals surface area contributed by atoms with Gasteiger partial charge in [0.05, 0.1) is 34.1 Å². The van der Waals surface area contributed by atoms with Crippen LogP contribution in [0, 0.1) is 0 Å². The number of aryl methyl sites for hydroxylation is 2. The van der Waals surface area contributed by atoms with E-state index in [1.54, 1.807) is 0 Å². The van der Waals surface area contributed by atoms with Gasteiger partial charge in [0, 0.05) is 81.3 Å². The molecule has 0 spiro atoms. The molecule has 9 aromatic rings. The summed E-state index contributed by atoms with van der Waals surface area (Å²) in [7, 11) is 0. The highest BCUT2D eigenvalue weighted by molar-refractivity contribution is 6.11. The lowest BCUT2D eigenvalue weighted by atomic mass is 9.95. The third-order valence-electron chi connectivity index (χ3n) is 10.9. The second-order valence-electron chi connectivity index (χ2n) is 14.7. The van der Waals surface area contributed by atoms with Crippen molar-refractivity contribution in [2.24, 2.45) is 0 Å². The fourth-order valence-corrected chi connectivity index (χ4v) is 8.36. The van der Waals surface area contributed by atoms with Gasteiger partial charge in [-0.25, -0.2) is 4.98 Å². The number of aromatic nitrogens is 4. The first-order valence-electron chi connectivity index (χ1n) is 19.6. The van der Waals surface area contributed by atoms with Gasteiger partial charge >= 0.3 is 0 Å². The van der Waals surface area contributed by atoms with Crippen molar-refractivity contribution in [3.63, 3.8) is 0 Å². The van der Waals surface area contributed by atoms with E-state index in [1.165, 1.54) is 32.8 Å². The molecule has 3 heterocycles. The lowest BCUT2D eigenvalue weighted by molar-refractivity contribution is 0.697. The number of benzene rings is 6. The molecule has 0 saturated heterocycles. The normalized spacial score (nSPS) is 11.8. The molecule has 0 aliphatic heterocycles. The number of para-hydroxylation sites is 1. The van der Waals surface area contributed by atoms with Gasteiger partial charge in [0.1, 0.15) is 0 Å². The lowest BCUT2D eigenvalue weighted by Gasteiger charge is -2.16. The molecule has 0 aliphatic rings. The average molecular weight is 722 g/mol. The Labute approximate surface area is 321 Å². The van der Waals surface area contributed by atoms with Crippen LogP contribution in [0.4, 0.5) is 17.1 Å². The molecule has 274 valence electrons. The van der Waals surface area contributed by atoms with E-state index < -0.39 is 0 Å². The Bertz CT molecular complexity index is 2850. The topological polar surface area (TPSA) is 91.8 Å². The van der Waals surface area contributed by atoms with Crippen LogP contribution in [0.15, 0.2) is 128 Å². The Balaban J connectivity index is 1.29. The number of nitrogens with one attached hydrogen (secondary N) is 1. The van der Waals surface area contributed by atoms with Crippen LogP contribution in [0.2, 0.25) is 0 Å². The van der Waals surface area contributed by atoms with Crippen molar-refractivity contribution in [3.8, 4) is 39.1 Å². The van der Waals surface area contributed by atoms with Crippen LogP contribution in [0.3, 0.4) is 0 Å². The number of nitrogens with zero attached hydrogens (tertiary/aromatic N) is 4. The van der Waals surface area contributed by atoms with Crippen LogP contribution in [-0.2, 0) is 13.1 Å². The number of imidazole rings is 1. The van der Waals surface area contributed by atoms with Crippen molar-refractivity contribution in [2.75, 3.05) is 23.3 Å². The molecule has 7 heteroatoms. The van der Waals surface area contributed by atoms with Crippen LogP contribution >= 0.6 is 0 Å². The molecule has 6 aromatic carbocycles. The number of anilines is 3. The van der Waals surface area contributed by atoms with E-state index in [0.717, 1.165) is 106 Å². The standard InChI is InChI=1S/C48H47N7/c1-4-21-51-36-17-19-39-38-9-7-8-10-45(38)55(47(39)28-36)46-27-35(50)16-18-37(46)32-13-20-44-40(24-32)42(29-53(44)22-5-2)41-25-33(31-11-14-34(49)15-12-31)26-43-48(41)54(23-6-3)30-52-43/h7-20,24-30,51H,4-6,21-23,49-50H2,1-3H3. The minimum atomic E-state index is 0.729. The fraction of sp³-hybridized carbons (Fsp3) is 0.188. The summed E-state index contributed by atoms with van der Waals surface area (Å²) in [6.45, 7) is 9.40. The van der Waals surface area contributed by atoms with E-state index in [9.17, 15) is 0 Å². The van der Waals surface area contributed by atoms with Gasteiger partial charge in [-0.05, 0) is 103 Å². The molecule has 5 N–H and O–H groups in total. The maximum Gasteiger partial charge on any atom is 0.0958 e. The minimum Gasteiger partial charge on any atom is -0.399 e.